The molecule has 0 aromatic rings. The summed E-state index contributed by atoms with van der Waals surface area (Å²) >= 11 is 1.86. The molecule has 1 aliphatic heterocycles. The van der Waals surface area contributed by atoms with Gasteiger partial charge in [0.25, 0.3) is 0 Å². The molecule has 1 saturated heterocycles. The quantitative estimate of drug-likeness (QED) is 0.808. The van der Waals surface area contributed by atoms with E-state index >= 15 is 0 Å². The van der Waals surface area contributed by atoms with E-state index in [4.69, 9.17) is 4.74 Å². The summed E-state index contributed by atoms with van der Waals surface area (Å²) in [5, 5.41) is 10.2. The first-order valence-electron chi connectivity index (χ1n) is 7.64. The Morgan fingerprint density at radius 2 is 1.77 bits per heavy atom. The molecule has 122 valence electrons. The Bertz CT molecular complexity index is 407. The van der Waals surface area contributed by atoms with Gasteiger partial charge in [-0.2, -0.15) is 11.8 Å². The second-order valence-corrected chi connectivity index (χ2v) is 8.49. The van der Waals surface area contributed by atoms with Gasteiger partial charge in [0.05, 0.1) is 0 Å². The molecule has 1 heterocycles. The number of amides is 1. The molecule has 1 amide bonds. The monoisotopic (exact) mass is 323 g/mol. The molecular weight excluding hydrogens is 297 g/mol. The second kappa shape index (κ2) is 7.99. The molecule has 2 aliphatic rings. The Morgan fingerprint density at radius 3 is 2.27 bits per heavy atom. The summed E-state index contributed by atoms with van der Waals surface area (Å²) in [5.41, 5.74) is -0.600. The van der Waals surface area contributed by atoms with Crippen LogP contribution in [-0.2, 0) is 9.53 Å². The molecule has 22 heavy (non-hydrogen) atoms. The molecule has 0 aromatic heterocycles. The molecule has 2 rings (SSSR count). The van der Waals surface area contributed by atoms with Gasteiger partial charge >= 0.3 is 30.9 Å². The van der Waals surface area contributed by atoms with Crippen molar-refractivity contribution in [3.8, 4) is 0 Å². The fourth-order valence-electron chi connectivity index (χ4n) is 2.95. The van der Waals surface area contributed by atoms with E-state index in [9.17, 15) is 14.7 Å². The van der Waals surface area contributed by atoms with Crippen LogP contribution >= 0.6 is 11.8 Å². The number of carboxylic acid groups (broad SMARTS) is 1. The summed E-state index contributed by atoms with van der Waals surface area (Å²) in [6.07, 6.45) is 4.97. The molecule has 1 aliphatic carbocycles. The van der Waals surface area contributed by atoms with Gasteiger partial charge < -0.3 is 9.84 Å². The number of carbonyl (C=O) groups excluding carboxylic acids is 1. The Hall–Kier alpha value is -0.313. The Labute approximate surface area is 148 Å². The third-order valence-corrected chi connectivity index (χ3v) is 5.45. The topological polar surface area (TPSA) is 66.8 Å². The summed E-state index contributed by atoms with van der Waals surface area (Å²) in [7, 11) is 0. The molecule has 0 radical (unpaired) electrons. The van der Waals surface area contributed by atoms with Crippen LogP contribution in [0, 0.1) is 0 Å². The third kappa shape index (κ3) is 5.40. The summed E-state index contributed by atoms with van der Waals surface area (Å²) < 4.78 is 5.33. The van der Waals surface area contributed by atoms with Crippen molar-refractivity contribution in [1.82, 2.24) is 4.90 Å². The summed E-state index contributed by atoms with van der Waals surface area (Å²) in [4.78, 5) is 25.0. The van der Waals surface area contributed by atoms with E-state index in [1.54, 1.807) is 20.8 Å². The van der Waals surface area contributed by atoms with E-state index in [1.165, 1.54) is 30.6 Å². The maximum absolute atomic E-state index is 12.2. The molecule has 2 fully saturated rings. The van der Waals surface area contributed by atoms with Gasteiger partial charge in [-0.3, -0.25) is 4.90 Å². The zero-order chi connectivity index (χ0) is 15.6. The SMILES string of the molecule is CC(C)(C)OC(=O)N1C[C@H](SC2CCCC2)C[C@H]1C(=O)O.[LiH]. The minimum absolute atomic E-state index is 0. The molecule has 0 aromatic carbocycles. The predicted molar refractivity (Wildman–Crippen MR) is 89.8 cm³/mol. The van der Waals surface area contributed by atoms with Crippen molar-refractivity contribution < 1.29 is 19.4 Å². The van der Waals surface area contributed by atoms with Crippen LogP contribution in [0.15, 0.2) is 0 Å². The van der Waals surface area contributed by atoms with Crippen LogP contribution in [0.1, 0.15) is 52.9 Å². The van der Waals surface area contributed by atoms with Gasteiger partial charge in [0.2, 0.25) is 0 Å². The van der Waals surface area contributed by atoms with Crippen molar-refractivity contribution in [2.45, 2.75) is 75.0 Å². The van der Waals surface area contributed by atoms with Crippen LogP contribution in [-0.4, -0.2) is 69.6 Å². The zero-order valence-electron chi connectivity index (χ0n) is 13.0. The molecule has 0 bridgehead atoms. The fraction of sp³-hybridized carbons (Fsp3) is 0.867. The average molecular weight is 323 g/mol. The molecule has 5 nitrogen and oxygen atoms in total. The number of thioether (sulfide) groups is 1. The van der Waals surface area contributed by atoms with E-state index in [2.05, 4.69) is 0 Å². The normalized spacial score (nSPS) is 25.9. The van der Waals surface area contributed by atoms with Gasteiger partial charge in [-0.25, -0.2) is 9.59 Å². The van der Waals surface area contributed by atoms with E-state index in [0.29, 0.717) is 18.2 Å². The van der Waals surface area contributed by atoms with Crippen molar-refractivity contribution >= 4 is 42.7 Å². The first kappa shape index (κ1) is 19.7. The van der Waals surface area contributed by atoms with Crippen LogP contribution in [0.5, 0.6) is 0 Å². The minimum atomic E-state index is -0.935. The molecule has 2 atom stereocenters. The van der Waals surface area contributed by atoms with E-state index in [-0.39, 0.29) is 24.1 Å². The van der Waals surface area contributed by atoms with Gasteiger partial charge in [-0.1, -0.05) is 12.8 Å². The first-order valence-corrected chi connectivity index (χ1v) is 8.58. The first-order chi connectivity index (χ1) is 9.76. The summed E-state index contributed by atoms with van der Waals surface area (Å²) in [6, 6.07) is -0.751. The number of ether oxygens (including phenoxy) is 1. The van der Waals surface area contributed by atoms with Gasteiger partial charge in [-0.15, -0.1) is 0 Å². The summed E-state index contributed by atoms with van der Waals surface area (Å²) in [6.45, 7) is 5.86. The van der Waals surface area contributed by atoms with Gasteiger partial charge in [0.1, 0.15) is 11.6 Å². The molecule has 0 unspecified atom stereocenters. The number of carbonyl (C=O) groups is 2. The van der Waals surface area contributed by atoms with Crippen molar-refractivity contribution in [3.05, 3.63) is 0 Å². The van der Waals surface area contributed by atoms with Gasteiger partial charge in [0, 0.05) is 17.0 Å². The fourth-order valence-corrected chi connectivity index (χ4v) is 4.64. The Balaban J connectivity index is 0.00000242. The van der Waals surface area contributed by atoms with Gasteiger partial charge in [-0.05, 0) is 40.0 Å². The molecule has 1 saturated carbocycles. The van der Waals surface area contributed by atoms with E-state index in [0.717, 1.165) is 0 Å². The van der Waals surface area contributed by atoms with Crippen molar-refractivity contribution in [2.75, 3.05) is 6.54 Å². The van der Waals surface area contributed by atoms with Crippen LogP contribution < -0.4 is 0 Å². The molecule has 1 N–H and O–H groups in total. The number of hydrogen-bond donors (Lipinski definition) is 1. The van der Waals surface area contributed by atoms with E-state index < -0.39 is 23.7 Å². The summed E-state index contributed by atoms with van der Waals surface area (Å²) in [5.74, 6) is -0.935. The average Bonchev–Trinajstić information content (AvgIpc) is 2.96. The van der Waals surface area contributed by atoms with Crippen LogP contribution in [0.2, 0.25) is 0 Å². The van der Waals surface area contributed by atoms with Gasteiger partial charge in [0.15, 0.2) is 0 Å². The van der Waals surface area contributed by atoms with Crippen molar-refractivity contribution in [2.24, 2.45) is 0 Å². The second-order valence-electron chi connectivity index (χ2n) is 6.89. The Morgan fingerprint density at radius 1 is 1.18 bits per heavy atom. The number of aliphatic carboxylic acids is 1. The standard InChI is InChI=1S/C15H25NO4S.Li.H/c1-15(2,3)20-14(19)16-9-11(8-12(16)13(17)18)21-10-6-4-5-7-10;;/h10-12H,4-9H2,1-3H3,(H,17,18);;/t11-,12+;;/m1../s1. The zero-order valence-corrected chi connectivity index (χ0v) is 13.8. The molecule has 0 spiro atoms. The predicted octanol–water partition coefficient (Wildman–Crippen LogP) is 2.48. The van der Waals surface area contributed by atoms with Crippen LogP contribution in [0.25, 0.3) is 0 Å². The maximum atomic E-state index is 12.2. The number of rotatable bonds is 3. The Kier molecular flexibility index (Phi) is 7.16. The van der Waals surface area contributed by atoms with Crippen molar-refractivity contribution in [3.63, 3.8) is 0 Å². The molecular formula is C15H26LiNO4S. The number of likely N-dealkylation sites (tertiary alicyclic amines) is 1. The number of hydrogen-bond acceptors (Lipinski definition) is 4. The van der Waals surface area contributed by atoms with Crippen LogP contribution in [0.4, 0.5) is 4.79 Å². The third-order valence-electron chi connectivity index (χ3n) is 3.86. The molecule has 7 heteroatoms. The van der Waals surface area contributed by atoms with Crippen LogP contribution in [0.3, 0.4) is 0 Å². The number of nitrogens with zero attached hydrogens (tertiary/aromatic N) is 1. The number of carboxylic acids is 1. The van der Waals surface area contributed by atoms with Crippen molar-refractivity contribution in [1.29, 1.82) is 0 Å². The van der Waals surface area contributed by atoms with E-state index in [1.807, 2.05) is 11.8 Å².